The van der Waals surface area contributed by atoms with Crippen molar-refractivity contribution in [1.29, 1.82) is 0 Å². The normalized spacial score (nSPS) is 10.2. The smallest absolute Gasteiger partial charge is 0.349 e. The van der Waals surface area contributed by atoms with Gasteiger partial charge in [-0.05, 0) is 46.3 Å². The van der Waals surface area contributed by atoms with E-state index >= 15 is 0 Å². The molecule has 1 aromatic carbocycles. The molecule has 0 radical (unpaired) electrons. The van der Waals surface area contributed by atoms with E-state index in [4.69, 9.17) is 5.11 Å². The van der Waals surface area contributed by atoms with E-state index in [1.807, 2.05) is 24.3 Å². The molecule has 1 aromatic heterocycles. The topological polar surface area (TPSA) is 63.1 Å². The Bertz CT molecular complexity index is 495. The average molecular weight is 332 g/mol. The molecule has 2 aromatic rings. The number of nitrogens with zero attached hydrogens (tertiary/aromatic N) is 2. The predicted molar refractivity (Wildman–Crippen MR) is 65.0 cm³/mol. The standard InChI is InChI=1S/C9H5IN2O2S/c10-6-3-1-5(2-4-6)7-8(9(13)14)15-12-11-7/h1-4H,(H,13,14). The first-order valence-corrected chi connectivity index (χ1v) is 5.85. The number of hydrogen-bond donors (Lipinski definition) is 1. The summed E-state index contributed by atoms with van der Waals surface area (Å²) in [5.41, 5.74) is 1.21. The third-order valence-electron chi connectivity index (χ3n) is 1.80. The summed E-state index contributed by atoms with van der Waals surface area (Å²) in [4.78, 5) is 11.0. The van der Waals surface area contributed by atoms with E-state index < -0.39 is 5.97 Å². The molecule has 0 aliphatic heterocycles. The second-order valence-corrected chi connectivity index (χ2v) is 4.76. The highest BCUT2D eigenvalue weighted by atomic mass is 127. The predicted octanol–water partition coefficient (Wildman–Crippen LogP) is 2.51. The van der Waals surface area contributed by atoms with Crippen LogP contribution >= 0.6 is 34.1 Å². The first-order valence-electron chi connectivity index (χ1n) is 4.00. The Hall–Kier alpha value is -1.02. The van der Waals surface area contributed by atoms with Crippen LogP contribution in [0.3, 0.4) is 0 Å². The van der Waals surface area contributed by atoms with Crippen molar-refractivity contribution >= 4 is 40.1 Å². The first kappa shape index (κ1) is 10.5. The van der Waals surface area contributed by atoms with Crippen molar-refractivity contribution in [1.82, 2.24) is 9.59 Å². The maximum absolute atomic E-state index is 10.9. The minimum Gasteiger partial charge on any atom is -0.477 e. The number of hydrogen-bond acceptors (Lipinski definition) is 4. The molecule has 0 aliphatic carbocycles. The summed E-state index contributed by atoms with van der Waals surface area (Å²) in [6.45, 7) is 0. The van der Waals surface area contributed by atoms with E-state index in [0.29, 0.717) is 5.69 Å². The molecule has 0 spiro atoms. The van der Waals surface area contributed by atoms with Crippen molar-refractivity contribution in [2.75, 3.05) is 0 Å². The van der Waals surface area contributed by atoms with Crippen LogP contribution in [0.15, 0.2) is 24.3 Å². The molecule has 76 valence electrons. The summed E-state index contributed by atoms with van der Waals surface area (Å²) in [6, 6.07) is 7.48. The summed E-state index contributed by atoms with van der Waals surface area (Å²) in [7, 11) is 0. The second kappa shape index (κ2) is 4.23. The molecule has 0 atom stereocenters. The van der Waals surface area contributed by atoms with Gasteiger partial charge in [0.05, 0.1) is 0 Å². The third-order valence-corrected chi connectivity index (χ3v) is 3.23. The summed E-state index contributed by atoms with van der Waals surface area (Å²) < 4.78 is 4.75. The lowest BCUT2D eigenvalue weighted by atomic mass is 10.1. The molecule has 0 aliphatic rings. The monoisotopic (exact) mass is 332 g/mol. The molecule has 0 unspecified atom stereocenters. The van der Waals surface area contributed by atoms with Gasteiger partial charge in [-0.1, -0.05) is 16.6 Å². The van der Waals surface area contributed by atoms with E-state index in [-0.39, 0.29) is 4.88 Å². The highest BCUT2D eigenvalue weighted by molar-refractivity contribution is 14.1. The highest BCUT2D eigenvalue weighted by Gasteiger charge is 2.16. The average Bonchev–Trinajstić information content (AvgIpc) is 2.67. The molecule has 0 bridgehead atoms. The molecule has 4 nitrogen and oxygen atoms in total. The summed E-state index contributed by atoms with van der Waals surface area (Å²) in [5, 5.41) is 12.7. The van der Waals surface area contributed by atoms with Crippen molar-refractivity contribution in [3.8, 4) is 11.3 Å². The van der Waals surface area contributed by atoms with Gasteiger partial charge in [-0.15, -0.1) is 5.10 Å². The van der Waals surface area contributed by atoms with Crippen molar-refractivity contribution in [2.45, 2.75) is 0 Å². The Morgan fingerprint density at radius 3 is 2.60 bits per heavy atom. The lowest BCUT2D eigenvalue weighted by molar-refractivity contribution is 0.0702. The van der Waals surface area contributed by atoms with Crippen LogP contribution in [0, 0.1) is 3.57 Å². The molecule has 0 saturated heterocycles. The van der Waals surface area contributed by atoms with Gasteiger partial charge in [0.1, 0.15) is 5.69 Å². The Morgan fingerprint density at radius 1 is 1.33 bits per heavy atom. The van der Waals surface area contributed by atoms with Crippen molar-refractivity contribution < 1.29 is 9.90 Å². The van der Waals surface area contributed by atoms with Crippen molar-refractivity contribution in [2.24, 2.45) is 0 Å². The SMILES string of the molecule is O=C(O)c1snnc1-c1ccc(I)cc1. The number of aromatic nitrogens is 2. The van der Waals surface area contributed by atoms with Crippen LogP contribution in [-0.2, 0) is 0 Å². The lowest BCUT2D eigenvalue weighted by Gasteiger charge is -1.97. The van der Waals surface area contributed by atoms with Gasteiger partial charge in [-0.2, -0.15) is 0 Å². The van der Waals surface area contributed by atoms with E-state index in [9.17, 15) is 4.79 Å². The van der Waals surface area contributed by atoms with Gasteiger partial charge < -0.3 is 5.11 Å². The maximum atomic E-state index is 10.9. The molecule has 1 heterocycles. The zero-order valence-electron chi connectivity index (χ0n) is 7.35. The number of halogens is 1. The Kier molecular flexibility index (Phi) is 2.96. The number of carboxylic acids is 1. The van der Waals surface area contributed by atoms with Crippen LogP contribution in [-0.4, -0.2) is 20.7 Å². The Labute approximate surface area is 103 Å². The minimum absolute atomic E-state index is 0.177. The third kappa shape index (κ3) is 2.15. The number of benzene rings is 1. The van der Waals surface area contributed by atoms with Gasteiger partial charge in [-0.25, -0.2) is 4.79 Å². The van der Waals surface area contributed by atoms with E-state index in [2.05, 4.69) is 32.2 Å². The van der Waals surface area contributed by atoms with Gasteiger partial charge in [0.25, 0.3) is 0 Å². The summed E-state index contributed by atoms with van der Waals surface area (Å²) >= 11 is 3.08. The summed E-state index contributed by atoms with van der Waals surface area (Å²) in [6.07, 6.45) is 0. The maximum Gasteiger partial charge on any atom is 0.349 e. The molecule has 0 saturated carbocycles. The zero-order chi connectivity index (χ0) is 10.8. The molecule has 0 amide bonds. The largest absolute Gasteiger partial charge is 0.477 e. The van der Waals surface area contributed by atoms with Crippen molar-refractivity contribution in [3.63, 3.8) is 0 Å². The van der Waals surface area contributed by atoms with Crippen LogP contribution in [0.4, 0.5) is 0 Å². The second-order valence-electron chi connectivity index (χ2n) is 2.76. The fourth-order valence-corrected chi connectivity index (χ4v) is 2.01. The molecule has 2 rings (SSSR count). The van der Waals surface area contributed by atoms with Gasteiger partial charge in [-0.3, -0.25) is 0 Å². The van der Waals surface area contributed by atoms with Crippen LogP contribution < -0.4 is 0 Å². The fourth-order valence-electron chi connectivity index (χ4n) is 1.13. The van der Waals surface area contributed by atoms with Gasteiger partial charge in [0.2, 0.25) is 0 Å². The van der Waals surface area contributed by atoms with E-state index in [1.165, 1.54) is 0 Å². The highest BCUT2D eigenvalue weighted by Crippen LogP contribution is 2.24. The fraction of sp³-hybridized carbons (Fsp3) is 0. The minimum atomic E-state index is -0.987. The van der Waals surface area contributed by atoms with Crippen LogP contribution in [0.1, 0.15) is 9.67 Å². The van der Waals surface area contributed by atoms with Crippen LogP contribution in [0.5, 0.6) is 0 Å². The summed E-state index contributed by atoms with van der Waals surface area (Å²) in [5.74, 6) is -0.987. The Balaban J connectivity index is 2.49. The molecule has 15 heavy (non-hydrogen) atoms. The number of rotatable bonds is 2. The number of carbonyl (C=O) groups is 1. The van der Waals surface area contributed by atoms with Gasteiger partial charge >= 0.3 is 5.97 Å². The number of aromatic carboxylic acids is 1. The van der Waals surface area contributed by atoms with E-state index in [0.717, 1.165) is 20.7 Å². The molecule has 1 N–H and O–H groups in total. The van der Waals surface area contributed by atoms with Gasteiger partial charge in [0, 0.05) is 9.13 Å². The lowest BCUT2D eigenvalue weighted by Crippen LogP contribution is -1.95. The molecular formula is C9H5IN2O2S. The zero-order valence-corrected chi connectivity index (χ0v) is 10.3. The van der Waals surface area contributed by atoms with Crippen LogP contribution in [0.2, 0.25) is 0 Å². The first-order chi connectivity index (χ1) is 7.18. The quantitative estimate of drug-likeness (QED) is 0.859. The number of carboxylic acid groups (broad SMARTS) is 1. The van der Waals surface area contributed by atoms with Gasteiger partial charge in [0.15, 0.2) is 4.88 Å². The molecule has 0 fully saturated rings. The van der Waals surface area contributed by atoms with Crippen molar-refractivity contribution in [3.05, 3.63) is 32.7 Å². The Morgan fingerprint density at radius 2 is 2.00 bits per heavy atom. The molecule has 6 heteroatoms. The molecular weight excluding hydrogens is 327 g/mol. The van der Waals surface area contributed by atoms with E-state index in [1.54, 1.807) is 0 Å². The van der Waals surface area contributed by atoms with Crippen LogP contribution in [0.25, 0.3) is 11.3 Å².